The number of nitrogens with one attached hydrogen (secondary N) is 1. The van der Waals surface area contributed by atoms with Crippen molar-refractivity contribution in [1.29, 1.82) is 0 Å². The molecule has 0 aromatic heterocycles. The van der Waals surface area contributed by atoms with Gasteiger partial charge in [-0.25, -0.2) is 8.42 Å². The van der Waals surface area contributed by atoms with Gasteiger partial charge in [-0.05, 0) is 49.9 Å². The summed E-state index contributed by atoms with van der Waals surface area (Å²) in [5, 5.41) is 3.07. The van der Waals surface area contributed by atoms with Gasteiger partial charge >= 0.3 is 0 Å². The van der Waals surface area contributed by atoms with Gasteiger partial charge in [0.1, 0.15) is 0 Å². The Labute approximate surface area is 162 Å². The summed E-state index contributed by atoms with van der Waals surface area (Å²) in [5.74, 6) is 0.145. The second-order valence-corrected chi connectivity index (χ2v) is 10.0. The van der Waals surface area contributed by atoms with Crippen LogP contribution in [0.5, 0.6) is 0 Å². The number of amides is 1. The molecule has 0 unspecified atom stereocenters. The number of carbonyl (C=O) groups excluding carboxylic acids is 1. The first-order chi connectivity index (χ1) is 12.8. The standard InChI is InChI=1S/C20H30N2O4S/c1-3-4-11-22(2)18-7-5-16(6-8-18)19(23)21-17-9-12-26-20(14-17)10-13-27(24,25)15-20/h5-8,17H,3-4,9-15H2,1-2H3,(H,21,23)/t17-,20-/m1/s1. The number of hydrogen-bond donors (Lipinski definition) is 1. The van der Waals surface area contributed by atoms with E-state index < -0.39 is 15.4 Å². The highest BCUT2D eigenvalue weighted by molar-refractivity contribution is 7.91. The Morgan fingerprint density at radius 1 is 1.33 bits per heavy atom. The number of carbonyl (C=O) groups is 1. The van der Waals surface area contributed by atoms with Crippen LogP contribution in [0.3, 0.4) is 0 Å². The van der Waals surface area contributed by atoms with Gasteiger partial charge in [0, 0.05) is 37.5 Å². The van der Waals surface area contributed by atoms with Gasteiger partial charge in [0.15, 0.2) is 9.84 Å². The summed E-state index contributed by atoms with van der Waals surface area (Å²) in [6.45, 7) is 3.65. The first kappa shape index (κ1) is 20.1. The van der Waals surface area contributed by atoms with Gasteiger partial charge in [0.05, 0.1) is 17.1 Å². The molecule has 2 atom stereocenters. The maximum Gasteiger partial charge on any atom is 0.251 e. The average Bonchev–Trinajstić information content (AvgIpc) is 2.93. The van der Waals surface area contributed by atoms with Crippen LogP contribution in [0, 0.1) is 0 Å². The molecule has 2 heterocycles. The molecule has 0 aliphatic carbocycles. The molecule has 1 spiro atoms. The number of benzene rings is 1. The molecule has 0 bridgehead atoms. The SMILES string of the molecule is CCCCN(C)c1ccc(C(=O)N[C@@H]2CCO[C@]3(CCS(=O)(=O)C3)C2)cc1. The molecule has 3 rings (SSSR count). The summed E-state index contributed by atoms with van der Waals surface area (Å²) in [6.07, 6.45) is 4.10. The highest BCUT2D eigenvalue weighted by Crippen LogP contribution is 2.35. The van der Waals surface area contributed by atoms with Crippen LogP contribution >= 0.6 is 0 Å². The number of sulfone groups is 1. The van der Waals surface area contributed by atoms with Crippen molar-refractivity contribution in [3.8, 4) is 0 Å². The minimum Gasteiger partial charge on any atom is -0.375 e. The minimum absolute atomic E-state index is 0.0496. The van der Waals surface area contributed by atoms with Crippen LogP contribution in [-0.2, 0) is 14.6 Å². The highest BCUT2D eigenvalue weighted by atomic mass is 32.2. The number of rotatable bonds is 6. The van der Waals surface area contributed by atoms with E-state index in [1.807, 2.05) is 24.3 Å². The third kappa shape index (κ3) is 5.02. The van der Waals surface area contributed by atoms with Crippen molar-refractivity contribution in [1.82, 2.24) is 5.32 Å². The first-order valence-electron chi connectivity index (χ1n) is 9.79. The molecule has 1 aromatic rings. The zero-order valence-electron chi connectivity index (χ0n) is 16.2. The van der Waals surface area contributed by atoms with Crippen LogP contribution in [0.2, 0.25) is 0 Å². The Bertz CT molecular complexity index is 763. The Morgan fingerprint density at radius 3 is 2.70 bits per heavy atom. The van der Waals surface area contributed by atoms with Gasteiger partial charge in [0.2, 0.25) is 0 Å². The Hall–Kier alpha value is -1.60. The normalized spacial score (nSPS) is 26.8. The van der Waals surface area contributed by atoms with Gasteiger partial charge < -0.3 is 15.0 Å². The van der Waals surface area contributed by atoms with Crippen LogP contribution < -0.4 is 10.2 Å². The highest BCUT2D eigenvalue weighted by Gasteiger charge is 2.46. The topological polar surface area (TPSA) is 75.7 Å². The Morgan fingerprint density at radius 2 is 2.07 bits per heavy atom. The fourth-order valence-corrected chi connectivity index (χ4v) is 5.95. The zero-order valence-corrected chi connectivity index (χ0v) is 17.1. The second kappa shape index (κ2) is 8.19. The van der Waals surface area contributed by atoms with Crippen LogP contribution in [0.15, 0.2) is 24.3 Å². The predicted molar refractivity (Wildman–Crippen MR) is 107 cm³/mol. The van der Waals surface area contributed by atoms with Gasteiger partial charge in [-0.15, -0.1) is 0 Å². The lowest BCUT2D eigenvalue weighted by molar-refractivity contribution is -0.0690. The molecule has 0 saturated carbocycles. The lowest BCUT2D eigenvalue weighted by Gasteiger charge is -2.37. The smallest absolute Gasteiger partial charge is 0.251 e. The van der Waals surface area contributed by atoms with Crippen LogP contribution in [-0.4, -0.2) is 57.7 Å². The van der Waals surface area contributed by atoms with E-state index in [0.717, 1.165) is 25.1 Å². The molecule has 0 radical (unpaired) electrons. The minimum atomic E-state index is -3.02. The molecule has 2 saturated heterocycles. The lowest BCUT2D eigenvalue weighted by atomic mass is 9.89. The predicted octanol–water partition coefficient (Wildman–Crippen LogP) is 2.39. The maximum absolute atomic E-state index is 12.6. The van der Waals surface area contributed by atoms with E-state index in [1.165, 1.54) is 0 Å². The van der Waals surface area contributed by atoms with Crippen molar-refractivity contribution in [2.45, 2.75) is 50.7 Å². The molecule has 1 amide bonds. The van der Waals surface area contributed by atoms with Crippen molar-refractivity contribution < 1.29 is 17.9 Å². The molecular formula is C20H30N2O4S. The van der Waals surface area contributed by atoms with Gasteiger partial charge in [-0.1, -0.05) is 13.3 Å². The second-order valence-electron chi connectivity index (χ2n) is 7.86. The summed E-state index contributed by atoms with van der Waals surface area (Å²) in [6, 6.07) is 7.59. The average molecular weight is 395 g/mol. The Balaban J connectivity index is 1.58. The molecule has 2 fully saturated rings. The molecule has 1 aromatic carbocycles. The molecule has 6 nitrogen and oxygen atoms in total. The van der Waals surface area contributed by atoms with Crippen molar-refractivity contribution in [2.24, 2.45) is 0 Å². The zero-order chi connectivity index (χ0) is 19.5. The van der Waals surface area contributed by atoms with Gasteiger partial charge in [-0.2, -0.15) is 0 Å². The van der Waals surface area contributed by atoms with Gasteiger partial charge in [0.25, 0.3) is 5.91 Å². The summed E-state index contributed by atoms with van der Waals surface area (Å²) in [4.78, 5) is 14.8. The van der Waals surface area contributed by atoms with E-state index in [0.29, 0.717) is 31.4 Å². The van der Waals surface area contributed by atoms with Crippen LogP contribution in [0.1, 0.15) is 49.4 Å². The van der Waals surface area contributed by atoms with E-state index in [-0.39, 0.29) is 23.5 Å². The number of unbranched alkanes of at least 4 members (excludes halogenated alkanes) is 1. The third-order valence-corrected chi connectivity index (χ3v) is 7.39. The van der Waals surface area contributed by atoms with Crippen molar-refractivity contribution in [3.63, 3.8) is 0 Å². The molecule has 2 aliphatic rings. The fraction of sp³-hybridized carbons (Fsp3) is 0.650. The quantitative estimate of drug-likeness (QED) is 0.802. The first-order valence-corrected chi connectivity index (χ1v) is 11.6. The van der Waals surface area contributed by atoms with E-state index >= 15 is 0 Å². The maximum atomic E-state index is 12.6. The third-order valence-electron chi connectivity index (χ3n) is 5.60. The molecule has 7 heteroatoms. The summed E-state index contributed by atoms with van der Waals surface area (Å²) in [7, 11) is -0.963. The van der Waals surface area contributed by atoms with Crippen molar-refractivity contribution in [2.75, 3.05) is 36.6 Å². The largest absolute Gasteiger partial charge is 0.375 e. The fourth-order valence-electron chi connectivity index (χ4n) is 3.97. The molecule has 27 heavy (non-hydrogen) atoms. The number of anilines is 1. The summed E-state index contributed by atoms with van der Waals surface area (Å²) >= 11 is 0. The van der Waals surface area contributed by atoms with Crippen molar-refractivity contribution >= 4 is 21.4 Å². The molecular weight excluding hydrogens is 364 g/mol. The van der Waals surface area contributed by atoms with E-state index in [1.54, 1.807) is 0 Å². The number of nitrogens with zero attached hydrogens (tertiary/aromatic N) is 1. The number of hydrogen-bond acceptors (Lipinski definition) is 5. The van der Waals surface area contributed by atoms with E-state index in [2.05, 4.69) is 24.2 Å². The summed E-state index contributed by atoms with van der Waals surface area (Å²) in [5.41, 5.74) is 1.12. The van der Waals surface area contributed by atoms with Gasteiger partial charge in [-0.3, -0.25) is 4.79 Å². The van der Waals surface area contributed by atoms with Crippen LogP contribution in [0.4, 0.5) is 5.69 Å². The lowest BCUT2D eigenvalue weighted by Crippen LogP contribution is -2.49. The van der Waals surface area contributed by atoms with E-state index in [9.17, 15) is 13.2 Å². The van der Waals surface area contributed by atoms with Crippen LogP contribution in [0.25, 0.3) is 0 Å². The molecule has 2 aliphatic heterocycles. The Kier molecular flexibility index (Phi) is 6.11. The molecule has 1 N–H and O–H groups in total. The summed E-state index contributed by atoms with van der Waals surface area (Å²) < 4.78 is 29.5. The molecule has 150 valence electrons. The van der Waals surface area contributed by atoms with E-state index in [4.69, 9.17) is 4.74 Å². The monoisotopic (exact) mass is 394 g/mol. The van der Waals surface area contributed by atoms with Crippen molar-refractivity contribution in [3.05, 3.63) is 29.8 Å². The number of ether oxygens (including phenoxy) is 1.